The predicted octanol–water partition coefficient (Wildman–Crippen LogP) is 4.45. The van der Waals surface area contributed by atoms with Crippen molar-refractivity contribution in [3.8, 4) is 0 Å². The van der Waals surface area contributed by atoms with E-state index in [1.165, 1.54) is 11.8 Å². The molecule has 0 radical (unpaired) electrons. The van der Waals surface area contributed by atoms with E-state index in [0.29, 0.717) is 34.1 Å². The molecule has 3 rings (SSSR count). The van der Waals surface area contributed by atoms with Gasteiger partial charge in [0.25, 0.3) is 11.8 Å². The molecule has 1 heterocycles. The lowest BCUT2D eigenvalue weighted by Gasteiger charge is -2.17. The minimum absolute atomic E-state index is 0.134. The molecule has 0 unspecified atom stereocenters. The minimum Gasteiger partial charge on any atom is -0.350 e. The number of rotatable bonds is 6. The molecular formula is C23H24ClN3O3. The molecule has 0 aliphatic carbocycles. The second-order valence-electron chi connectivity index (χ2n) is 7.71. The number of halogens is 1. The Bertz CT molecular complexity index is 1040. The van der Waals surface area contributed by atoms with E-state index in [2.05, 4.69) is 10.6 Å². The van der Waals surface area contributed by atoms with Crippen molar-refractivity contribution in [3.05, 3.63) is 64.3 Å². The third kappa shape index (κ3) is 4.54. The van der Waals surface area contributed by atoms with Crippen molar-refractivity contribution in [1.29, 1.82) is 0 Å². The number of carbonyl (C=O) groups excluding carboxylic acids is 3. The maximum absolute atomic E-state index is 13.1. The Morgan fingerprint density at radius 3 is 2.23 bits per heavy atom. The zero-order valence-electron chi connectivity index (χ0n) is 17.4. The van der Waals surface area contributed by atoms with Crippen LogP contribution in [0.2, 0.25) is 5.02 Å². The fraction of sp³-hybridized carbons (Fsp3) is 0.261. The van der Waals surface area contributed by atoms with Crippen LogP contribution in [0.3, 0.4) is 0 Å². The largest absolute Gasteiger partial charge is 0.350 e. The molecule has 0 spiro atoms. The van der Waals surface area contributed by atoms with Gasteiger partial charge in [-0.1, -0.05) is 43.6 Å². The molecule has 2 aromatic carbocycles. The molecular weight excluding hydrogens is 402 g/mol. The van der Waals surface area contributed by atoms with Gasteiger partial charge in [0.1, 0.15) is 5.70 Å². The smallest absolute Gasteiger partial charge is 0.278 e. The fourth-order valence-electron chi connectivity index (χ4n) is 3.23. The summed E-state index contributed by atoms with van der Waals surface area (Å²) in [5.41, 5.74) is 3.26. The van der Waals surface area contributed by atoms with Crippen molar-refractivity contribution in [2.45, 2.75) is 27.7 Å². The first-order valence-electron chi connectivity index (χ1n) is 9.69. The van der Waals surface area contributed by atoms with Gasteiger partial charge in [0, 0.05) is 29.9 Å². The van der Waals surface area contributed by atoms with E-state index in [-0.39, 0.29) is 29.3 Å². The van der Waals surface area contributed by atoms with Gasteiger partial charge in [-0.05, 0) is 48.2 Å². The molecule has 0 fully saturated rings. The lowest BCUT2D eigenvalue weighted by Crippen LogP contribution is -2.35. The Kier molecular flexibility index (Phi) is 6.27. The summed E-state index contributed by atoms with van der Waals surface area (Å²) >= 11 is 6.22. The molecule has 7 heteroatoms. The highest BCUT2D eigenvalue weighted by molar-refractivity contribution is 6.36. The molecule has 0 saturated carbocycles. The number of anilines is 2. The van der Waals surface area contributed by atoms with Crippen LogP contribution < -0.4 is 10.6 Å². The van der Waals surface area contributed by atoms with E-state index in [0.717, 1.165) is 5.56 Å². The van der Waals surface area contributed by atoms with Crippen molar-refractivity contribution in [3.63, 3.8) is 0 Å². The average Bonchev–Trinajstić information content (AvgIpc) is 2.89. The van der Waals surface area contributed by atoms with Gasteiger partial charge in [0.05, 0.1) is 5.57 Å². The second kappa shape index (κ2) is 8.71. The van der Waals surface area contributed by atoms with Gasteiger partial charge in [-0.3, -0.25) is 19.3 Å². The van der Waals surface area contributed by atoms with Gasteiger partial charge in [-0.15, -0.1) is 0 Å². The van der Waals surface area contributed by atoms with Crippen LogP contribution >= 0.6 is 11.6 Å². The van der Waals surface area contributed by atoms with Crippen molar-refractivity contribution in [2.24, 2.45) is 5.92 Å². The Hall–Kier alpha value is -3.12. The van der Waals surface area contributed by atoms with E-state index in [1.807, 2.05) is 32.9 Å². The van der Waals surface area contributed by atoms with Gasteiger partial charge in [0.15, 0.2) is 0 Å². The normalized spacial score (nSPS) is 14.0. The fourth-order valence-corrected chi connectivity index (χ4v) is 3.41. The lowest BCUT2D eigenvalue weighted by molar-refractivity contribution is -0.137. The molecule has 30 heavy (non-hydrogen) atoms. The second-order valence-corrected chi connectivity index (χ2v) is 8.12. The van der Waals surface area contributed by atoms with Crippen LogP contribution in [0.25, 0.3) is 5.57 Å². The number of hydrogen-bond acceptors (Lipinski definition) is 4. The average molecular weight is 426 g/mol. The van der Waals surface area contributed by atoms with E-state index in [1.54, 1.807) is 30.3 Å². The Balaban J connectivity index is 2.03. The van der Waals surface area contributed by atoms with Crippen LogP contribution in [0.15, 0.2) is 48.2 Å². The number of nitrogens with one attached hydrogen (secondary N) is 2. The van der Waals surface area contributed by atoms with Crippen LogP contribution in [0.4, 0.5) is 11.4 Å². The summed E-state index contributed by atoms with van der Waals surface area (Å²) in [5.74, 6) is -0.765. The quantitative estimate of drug-likeness (QED) is 0.670. The van der Waals surface area contributed by atoms with Crippen LogP contribution in [-0.2, 0) is 14.4 Å². The number of imide groups is 1. The highest BCUT2D eigenvalue weighted by Crippen LogP contribution is 2.32. The topological polar surface area (TPSA) is 78.5 Å². The molecule has 2 N–H and O–H groups in total. The Labute approximate surface area is 180 Å². The molecule has 156 valence electrons. The number of benzene rings is 2. The van der Waals surface area contributed by atoms with Crippen molar-refractivity contribution >= 4 is 46.3 Å². The maximum Gasteiger partial charge on any atom is 0.278 e. The molecule has 3 amide bonds. The first kappa shape index (κ1) is 21.6. The minimum atomic E-state index is -0.369. The summed E-state index contributed by atoms with van der Waals surface area (Å²) < 4.78 is 0. The first-order chi connectivity index (χ1) is 14.2. The lowest BCUT2D eigenvalue weighted by atomic mass is 10.0. The Morgan fingerprint density at radius 1 is 1.03 bits per heavy atom. The van der Waals surface area contributed by atoms with Gasteiger partial charge in [0.2, 0.25) is 5.91 Å². The van der Waals surface area contributed by atoms with Gasteiger partial charge < -0.3 is 10.6 Å². The maximum atomic E-state index is 13.1. The SMILES string of the molecule is CC(=O)Nc1ccc(C2=C(Nc3ccc(C)c(Cl)c3)C(=O)N(CC(C)C)C2=O)cc1. The molecule has 6 nitrogen and oxygen atoms in total. The van der Waals surface area contributed by atoms with Gasteiger partial charge in [-0.25, -0.2) is 0 Å². The third-order valence-corrected chi connectivity index (χ3v) is 5.06. The number of nitrogens with zero attached hydrogens (tertiary/aromatic N) is 1. The zero-order chi connectivity index (χ0) is 22.0. The number of aryl methyl sites for hydroxylation is 1. The summed E-state index contributed by atoms with van der Waals surface area (Å²) in [6.07, 6.45) is 0. The van der Waals surface area contributed by atoms with Crippen LogP contribution in [0.1, 0.15) is 31.9 Å². The van der Waals surface area contributed by atoms with Crippen molar-refractivity contribution in [1.82, 2.24) is 4.90 Å². The summed E-state index contributed by atoms with van der Waals surface area (Å²) in [6, 6.07) is 12.2. The van der Waals surface area contributed by atoms with E-state index in [9.17, 15) is 14.4 Å². The molecule has 0 aromatic heterocycles. The van der Waals surface area contributed by atoms with Crippen molar-refractivity contribution < 1.29 is 14.4 Å². The summed E-state index contributed by atoms with van der Waals surface area (Å²) in [5, 5.41) is 6.36. The van der Waals surface area contributed by atoms with Crippen molar-refractivity contribution in [2.75, 3.05) is 17.2 Å². The third-order valence-electron chi connectivity index (χ3n) is 4.65. The first-order valence-corrected chi connectivity index (χ1v) is 10.1. The molecule has 0 bridgehead atoms. The summed E-state index contributed by atoms with van der Waals surface area (Å²) in [7, 11) is 0. The molecule has 1 aliphatic heterocycles. The van der Waals surface area contributed by atoms with Crippen LogP contribution in [0, 0.1) is 12.8 Å². The molecule has 2 aromatic rings. The zero-order valence-corrected chi connectivity index (χ0v) is 18.1. The monoisotopic (exact) mass is 425 g/mol. The van der Waals surface area contributed by atoms with E-state index < -0.39 is 0 Å². The van der Waals surface area contributed by atoms with Gasteiger partial charge >= 0.3 is 0 Å². The highest BCUT2D eigenvalue weighted by Gasteiger charge is 2.39. The number of carbonyl (C=O) groups is 3. The summed E-state index contributed by atoms with van der Waals surface area (Å²) in [4.78, 5) is 38.8. The molecule has 1 aliphatic rings. The highest BCUT2D eigenvalue weighted by atomic mass is 35.5. The van der Waals surface area contributed by atoms with E-state index >= 15 is 0 Å². The van der Waals surface area contributed by atoms with Crippen LogP contribution in [-0.4, -0.2) is 29.2 Å². The molecule has 0 atom stereocenters. The Morgan fingerprint density at radius 2 is 1.67 bits per heavy atom. The number of amides is 3. The number of hydrogen-bond donors (Lipinski definition) is 2. The van der Waals surface area contributed by atoms with Crippen LogP contribution in [0.5, 0.6) is 0 Å². The van der Waals surface area contributed by atoms with E-state index in [4.69, 9.17) is 11.6 Å². The molecule has 0 saturated heterocycles. The standard InChI is InChI=1S/C23H24ClN3O3/c1-13(2)12-27-22(29)20(16-6-9-17(10-7-16)25-15(4)28)21(23(27)30)26-18-8-5-14(3)19(24)11-18/h5-11,13,26H,12H2,1-4H3,(H,25,28). The summed E-state index contributed by atoms with van der Waals surface area (Å²) in [6.45, 7) is 7.54. The van der Waals surface area contributed by atoms with Gasteiger partial charge in [-0.2, -0.15) is 0 Å². The predicted molar refractivity (Wildman–Crippen MR) is 119 cm³/mol.